The summed E-state index contributed by atoms with van der Waals surface area (Å²) in [5.41, 5.74) is -0.471. The fraction of sp³-hybridized carbons (Fsp3) is 0.548. The number of likely N-dealkylation sites (tertiary alicyclic amines) is 1. The van der Waals surface area contributed by atoms with Crippen LogP contribution in [0.2, 0.25) is 5.04 Å². The summed E-state index contributed by atoms with van der Waals surface area (Å²) in [6.45, 7) is 10.6. The Morgan fingerprint density at radius 1 is 0.976 bits per heavy atom. The normalized spacial score (nSPS) is 16.6. The van der Waals surface area contributed by atoms with Gasteiger partial charge in [0.25, 0.3) is 18.4 Å². The lowest BCUT2D eigenvalue weighted by Gasteiger charge is -2.43. The van der Waals surface area contributed by atoms with E-state index < -0.39 is 29.8 Å². The number of hydrogen-bond acceptors (Lipinski definition) is 7. The molecule has 232 valence electrons. The standard InChI is InChI=1S/C31H45NO8SSi/c1-30(2,3)42(26-12-8-6-9-13-26,27-14-10-7-11-15-27)40-19-18-31(4,5)24-39-41(36,37)21-20-38-23-25-16-17-28(33)32(25)22-29(34)35/h6-15,25H,16-24H2,1-5H3,(H,34,35). The van der Waals surface area contributed by atoms with E-state index in [0.29, 0.717) is 19.4 Å². The Morgan fingerprint density at radius 2 is 1.55 bits per heavy atom. The van der Waals surface area contributed by atoms with Crippen molar-refractivity contribution < 1.29 is 36.5 Å². The quantitative estimate of drug-likeness (QED) is 0.173. The molecule has 0 spiro atoms. The molecule has 1 aliphatic heterocycles. The van der Waals surface area contributed by atoms with Crippen molar-refractivity contribution in [3.8, 4) is 0 Å². The van der Waals surface area contributed by atoms with E-state index in [2.05, 4.69) is 45.0 Å². The zero-order valence-electron chi connectivity index (χ0n) is 25.4. The van der Waals surface area contributed by atoms with Crippen LogP contribution in [0.15, 0.2) is 60.7 Å². The van der Waals surface area contributed by atoms with Crippen molar-refractivity contribution in [1.29, 1.82) is 0 Å². The van der Waals surface area contributed by atoms with Gasteiger partial charge in [-0.15, -0.1) is 0 Å². The summed E-state index contributed by atoms with van der Waals surface area (Å²) in [7, 11) is -6.54. The van der Waals surface area contributed by atoms with E-state index in [4.69, 9.17) is 18.5 Å². The molecule has 0 radical (unpaired) electrons. The Labute approximate surface area is 251 Å². The van der Waals surface area contributed by atoms with E-state index >= 15 is 0 Å². The molecule has 2 aromatic rings. The molecule has 9 nitrogen and oxygen atoms in total. The number of hydrogen-bond donors (Lipinski definition) is 1. The van der Waals surface area contributed by atoms with Gasteiger partial charge in [-0.2, -0.15) is 8.42 Å². The summed E-state index contributed by atoms with van der Waals surface area (Å²) in [5.74, 6) is -1.66. The number of carbonyl (C=O) groups excluding carboxylic acids is 1. The molecule has 1 atom stereocenters. The van der Waals surface area contributed by atoms with E-state index in [1.54, 1.807) is 0 Å². The number of carboxylic acid groups (broad SMARTS) is 1. The number of aliphatic carboxylic acids is 1. The van der Waals surface area contributed by atoms with Gasteiger partial charge in [0.15, 0.2) is 0 Å². The van der Waals surface area contributed by atoms with Gasteiger partial charge in [0.05, 0.1) is 31.6 Å². The Kier molecular flexibility index (Phi) is 11.5. The van der Waals surface area contributed by atoms with Crippen molar-refractivity contribution >= 4 is 40.7 Å². The highest BCUT2D eigenvalue weighted by molar-refractivity contribution is 7.86. The largest absolute Gasteiger partial charge is 0.480 e. The van der Waals surface area contributed by atoms with Gasteiger partial charge in [0.1, 0.15) is 6.54 Å². The Balaban J connectivity index is 1.55. The molecule has 0 aromatic heterocycles. The Bertz CT molecular complexity index is 1240. The van der Waals surface area contributed by atoms with Crippen molar-refractivity contribution in [3.63, 3.8) is 0 Å². The second-order valence-corrected chi connectivity index (χ2v) is 18.7. The summed E-state index contributed by atoms with van der Waals surface area (Å²) in [6.07, 6.45) is 1.34. The number of carboxylic acids is 1. The van der Waals surface area contributed by atoms with Gasteiger partial charge in [-0.25, -0.2) is 0 Å². The zero-order chi connectivity index (χ0) is 31.0. The number of carbonyl (C=O) groups is 2. The minimum absolute atomic E-state index is 0.00293. The SMILES string of the molecule is CC(C)(CCO[Si](c1ccccc1)(c1ccccc1)C(C)(C)C)COS(=O)(=O)CCOCC1CCC(=O)N1CC(=O)O. The lowest BCUT2D eigenvalue weighted by Crippen LogP contribution is -2.66. The minimum Gasteiger partial charge on any atom is -0.480 e. The van der Waals surface area contributed by atoms with Gasteiger partial charge < -0.3 is 19.2 Å². The molecule has 0 bridgehead atoms. The van der Waals surface area contributed by atoms with Crippen LogP contribution in [-0.4, -0.2) is 83.4 Å². The van der Waals surface area contributed by atoms with Crippen molar-refractivity contribution in [2.24, 2.45) is 5.41 Å². The lowest BCUT2D eigenvalue weighted by atomic mass is 9.91. The molecule has 0 aliphatic carbocycles. The molecule has 3 rings (SSSR count). The van der Waals surface area contributed by atoms with Gasteiger partial charge in [-0.3, -0.25) is 13.8 Å². The van der Waals surface area contributed by atoms with Crippen molar-refractivity contribution in [2.75, 3.05) is 38.7 Å². The lowest BCUT2D eigenvalue weighted by molar-refractivity contribution is -0.144. The number of benzene rings is 2. The molecular weight excluding hydrogens is 574 g/mol. The molecule has 1 amide bonds. The molecule has 0 saturated carbocycles. The highest BCUT2D eigenvalue weighted by atomic mass is 32.2. The van der Waals surface area contributed by atoms with Crippen LogP contribution in [-0.2, 0) is 33.1 Å². The van der Waals surface area contributed by atoms with E-state index in [9.17, 15) is 18.0 Å². The van der Waals surface area contributed by atoms with Crippen LogP contribution in [0.3, 0.4) is 0 Å². The molecule has 2 aromatic carbocycles. The van der Waals surface area contributed by atoms with Crippen LogP contribution in [0.1, 0.15) is 53.9 Å². The van der Waals surface area contributed by atoms with E-state index in [0.717, 1.165) is 0 Å². The maximum atomic E-state index is 12.6. The van der Waals surface area contributed by atoms with Crippen molar-refractivity contribution in [3.05, 3.63) is 60.7 Å². The smallest absolute Gasteiger partial charge is 0.323 e. The fourth-order valence-electron chi connectivity index (χ4n) is 5.33. The number of amides is 1. The average molecular weight is 620 g/mol. The summed E-state index contributed by atoms with van der Waals surface area (Å²) in [6, 6.07) is 20.4. The van der Waals surface area contributed by atoms with Crippen LogP contribution >= 0.6 is 0 Å². The molecular formula is C31H45NO8SSi. The molecule has 1 fully saturated rings. The third-order valence-corrected chi connectivity index (χ3v) is 13.9. The third-order valence-electron chi connectivity index (χ3n) is 7.69. The topological polar surface area (TPSA) is 119 Å². The van der Waals surface area contributed by atoms with Gasteiger partial charge in [0, 0.05) is 13.0 Å². The predicted octanol–water partition coefficient (Wildman–Crippen LogP) is 3.42. The van der Waals surface area contributed by atoms with Gasteiger partial charge in [-0.1, -0.05) is 95.3 Å². The van der Waals surface area contributed by atoms with E-state index in [-0.39, 0.29) is 55.5 Å². The summed E-state index contributed by atoms with van der Waals surface area (Å²) in [4.78, 5) is 24.2. The third kappa shape index (κ3) is 8.97. The van der Waals surface area contributed by atoms with Gasteiger partial charge in [0.2, 0.25) is 5.91 Å². The molecule has 1 heterocycles. The molecule has 42 heavy (non-hydrogen) atoms. The second-order valence-electron chi connectivity index (χ2n) is 12.6. The average Bonchev–Trinajstić information content (AvgIpc) is 3.26. The highest BCUT2D eigenvalue weighted by Crippen LogP contribution is 2.37. The van der Waals surface area contributed by atoms with Crippen LogP contribution in [0, 0.1) is 5.41 Å². The number of nitrogens with zero attached hydrogens (tertiary/aromatic N) is 1. The first-order chi connectivity index (χ1) is 19.7. The first-order valence-electron chi connectivity index (χ1n) is 14.4. The van der Waals surface area contributed by atoms with Crippen LogP contribution in [0.4, 0.5) is 0 Å². The van der Waals surface area contributed by atoms with Crippen LogP contribution in [0.5, 0.6) is 0 Å². The van der Waals surface area contributed by atoms with Gasteiger partial charge >= 0.3 is 5.97 Å². The zero-order valence-corrected chi connectivity index (χ0v) is 27.2. The maximum Gasteiger partial charge on any atom is 0.323 e. The van der Waals surface area contributed by atoms with Crippen molar-refractivity contribution in [2.45, 2.75) is 65.0 Å². The Morgan fingerprint density at radius 3 is 2.07 bits per heavy atom. The summed E-state index contributed by atoms with van der Waals surface area (Å²) < 4.78 is 43.0. The maximum absolute atomic E-state index is 12.6. The number of rotatable bonds is 16. The summed E-state index contributed by atoms with van der Waals surface area (Å²) in [5, 5.41) is 11.2. The van der Waals surface area contributed by atoms with E-state index in [1.807, 2.05) is 50.2 Å². The Hall–Kier alpha value is -2.57. The molecule has 1 saturated heterocycles. The molecule has 1 unspecified atom stereocenters. The second kappa shape index (κ2) is 14.3. The minimum atomic E-state index is -3.85. The van der Waals surface area contributed by atoms with Crippen LogP contribution < -0.4 is 10.4 Å². The first-order valence-corrected chi connectivity index (χ1v) is 17.9. The monoisotopic (exact) mass is 619 g/mol. The number of ether oxygens (including phenoxy) is 1. The fourth-order valence-corrected chi connectivity index (χ4v) is 10.8. The van der Waals surface area contributed by atoms with E-state index in [1.165, 1.54) is 15.3 Å². The highest BCUT2D eigenvalue weighted by Gasteiger charge is 2.50. The van der Waals surface area contributed by atoms with Crippen molar-refractivity contribution in [1.82, 2.24) is 4.90 Å². The summed E-state index contributed by atoms with van der Waals surface area (Å²) >= 11 is 0. The molecule has 11 heteroatoms. The van der Waals surface area contributed by atoms with Gasteiger partial charge in [-0.05, 0) is 33.7 Å². The first kappa shape index (κ1) is 33.9. The van der Waals surface area contributed by atoms with Crippen LogP contribution in [0.25, 0.3) is 0 Å². The molecule has 1 N–H and O–H groups in total. The predicted molar refractivity (Wildman–Crippen MR) is 165 cm³/mol. The molecule has 1 aliphatic rings.